The summed E-state index contributed by atoms with van der Waals surface area (Å²) < 4.78 is 0. The zero-order valence-corrected chi connectivity index (χ0v) is 16.1. The normalized spacial score (nSPS) is 31.9. The van der Waals surface area contributed by atoms with Crippen LogP contribution in [0.2, 0.25) is 0 Å². The second-order valence-corrected chi connectivity index (χ2v) is 8.70. The van der Waals surface area contributed by atoms with Gasteiger partial charge in [0, 0.05) is 0 Å². The van der Waals surface area contributed by atoms with Crippen molar-refractivity contribution in [2.24, 2.45) is 23.7 Å². The first-order chi connectivity index (χ1) is 11.2. The zero-order chi connectivity index (χ0) is 16.5. The van der Waals surface area contributed by atoms with Crippen molar-refractivity contribution in [3.63, 3.8) is 0 Å². The Balaban J connectivity index is 1.60. The minimum Gasteiger partial charge on any atom is -0.0999 e. The highest BCUT2D eigenvalue weighted by molar-refractivity contribution is 4.93. The van der Waals surface area contributed by atoms with E-state index in [2.05, 4.69) is 20.4 Å². The van der Waals surface area contributed by atoms with Crippen molar-refractivity contribution in [2.45, 2.75) is 110 Å². The van der Waals surface area contributed by atoms with Gasteiger partial charge in [-0.3, -0.25) is 0 Å². The smallest absolute Gasteiger partial charge is 0.0320 e. The lowest BCUT2D eigenvalue weighted by atomic mass is 9.68. The van der Waals surface area contributed by atoms with Gasteiger partial charge in [0.1, 0.15) is 0 Å². The number of unbranched alkanes of at least 4 members (excludes halogenated alkanes) is 2. The summed E-state index contributed by atoms with van der Waals surface area (Å²) >= 11 is 0. The molecule has 0 aromatic heterocycles. The SMILES string of the molecule is C=C(CC)CCC1CCC(C2CCC(CCCCC)CC2)CC1. The lowest BCUT2D eigenvalue weighted by Gasteiger charge is -2.38. The lowest BCUT2D eigenvalue weighted by Crippen LogP contribution is -2.26. The van der Waals surface area contributed by atoms with Gasteiger partial charge in [0.2, 0.25) is 0 Å². The molecule has 0 radical (unpaired) electrons. The van der Waals surface area contributed by atoms with E-state index in [9.17, 15) is 0 Å². The number of allylic oxidation sites excluding steroid dienone is 1. The average Bonchev–Trinajstić information content (AvgIpc) is 2.61. The summed E-state index contributed by atoms with van der Waals surface area (Å²) in [6.07, 6.45) is 22.0. The van der Waals surface area contributed by atoms with E-state index in [-0.39, 0.29) is 0 Å². The van der Waals surface area contributed by atoms with Crippen molar-refractivity contribution in [3.8, 4) is 0 Å². The fourth-order valence-electron chi connectivity index (χ4n) is 5.16. The van der Waals surface area contributed by atoms with E-state index in [0.29, 0.717) is 0 Å². The largest absolute Gasteiger partial charge is 0.0999 e. The Bertz CT molecular complexity index is 313. The van der Waals surface area contributed by atoms with E-state index >= 15 is 0 Å². The third-order valence-electron chi connectivity index (χ3n) is 7.07. The maximum absolute atomic E-state index is 4.18. The molecule has 2 aliphatic rings. The molecule has 0 nitrogen and oxygen atoms in total. The van der Waals surface area contributed by atoms with Crippen LogP contribution in [0.4, 0.5) is 0 Å². The molecule has 0 spiro atoms. The van der Waals surface area contributed by atoms with Crippen LogP contribution in [-0.4, -0.2) is 0 Å². The van der Waals surface area contributed by atoms with Gasteiger partial charge in [-0.15, -0.1) is 0 Å². The van der Waals surface area contributed by atoms with Gasteiger partial charge in [-0.1, -0.05) is 77.4 Å². The van der Waals surface area contributed by atoms with Gasteiger partial charge in [-0.2, -0.15) is 0 Å². The second kappa shape index (κ2) is 10.6. The minimum absolute atomic E-state index is 1.01. The summed E-state index contributed by atoms with van der Waals surface area (Å²) in [4.78, 5) is 0. The van der Waals surface area contributed by atoms with Crippen molar-refractivity contribution in [1.29, 1.82) is 0 Å². The first kappa shape index (κ1) is 19.1. The van der Waals surface area contributed by atoms with Crippen LogP contribution < -0.4 is 0 Å². The van der Waals surface area contributed by atoms with Gasteiger partial charge in [0.15, 0.2) is 0 Å². The maximum Gasteiger partial charge on any atom is -0.0320 e. The topological polar surface area (TPSA) is 0 Å². The highest BCUT2D eigenvalue weighted by Crippen LogP contribution is 2.43. The van der Waals surface area contributed by atoms with E-state index < -0.39 is 0 Å². The fraction of sp³-hybridized carbons (Fsp3) is 0.913. The molecule has 2 saturated carbocycles. The summed E-state index contributed by atoms with van der Waals surface area (Å²) in [6.45, 7) is 8.75. The molecule has 0 amide bonds. The molecule has 0 atom stereocenters. The Morgan fingerprint density at radius 2 is 1.26 bits per heavy atom. The molecule has 2 fully saturated rings. The predicted octanol–water partition coefficient (Wildman–Crippen LogP) is 7.93. The van der Waals surface area contributed by atoms with Crippen LogP contribution >= 0.6 is 0 Å². The monoisotopic (exact) mass is 318 g/mol. The molecule has 2 aliphatic carbocycles. The van der Waals surface area contributed by atoms with Crippen molar-refractivity contribution >= 4 is 0 Å². The van der Waals surface area contributed by atoms with Crippen molar-refractivity contribution in [3.05, 3.63) is 12.2 Å². The molecule has 0 aliphatic heterocycles. The van der Waals surface area contributed by atoms with Gasteiger partial charge in [-0.25, -0.2) is 0 Å². The summed E-state index contributed by atoms with van der Waals surface area (Å²) in [5.74, 6) is 4.26. The molecule has 0 heterocycles. The third kappa shape index (κ3) is 6.63. The molecular weight excluding hydrogens is 276 g/mol. The van der Waals surface area contributed by atoms with Gasteiger partial charge in [0.25, 0.3) is 0 Å². The van der Waals surface area contributed by atoms with E-state index in [1.54, 1.807) is 25.7 Å². The van der Waals surface area contributed by atoms with Crippen molar-refractivity contribution < 1.29 is 0 Å². The first-order valence-electron chi connectivity index (χ1n) is 10.9. The highest BCUT2D eigenvalue weighted by atomic mass is 14.4. The summed E-state index contributed by atoms with van der Waals surface area (Å²) in [7, 11) is 0. The number of rotatable bonds is 9. The minimum atomic E-state index is 1.01. The standard InChI is InChI=1S/C23H42/c1-4-6-7-8-20-11-15-22(16-12-20)23-17-13-21(14-18-23)10-9-19(3)5-2/h20-23H,3-18H2,1-2H3. The molecule has 0 aromatic rings. The Hall–Kier alpha value is -0.260. The Morgan fingerprint density at radius 1 is 0.739 bits per heavy atom. The van der Waals surface area contributed by atoms with Crippen LogP contribution in [0.3, 0.4) is 0 Å². The molecule has 23 heavy (non-hydrogen) atoms. The van der Waals surface area contributed by atoms with E-state index in [4.69, 9.17) is 0 Å². The lowest BCUT2D eigenvalue weighted by molar-refractivity contribution is 0.140. The van der Waals surface area contributed by atoms with E-state index in [1.165, 1.54) is 76.2 Å². The molecule has 0 N–H and O–H groups in total. The van der Waals surface area contributed by atoms with Gasteiger partial charge in [0.05, 0.1) is 0 Å². The van der Waals surface area contributed by atoms with Gasteiger partial charge in [-0.05, 0) is 68.6 Å². The van der Waals surface area contributed by atoms with Crippen LogP contribution in [0.15, 0.2) is 12.2 Å². The molecule has 134 valence electrons. The van der Waals surface area contributed by atoms with Crippen molar-refractivity contribution in [1.82, 2.24) is 0 Å². The molecule has 0 heteroatoms. The van der Waals surface area contributed by atoms with Crippen molar-refractivity contribution in [2.75, 3.05) is 0 Å². The summed E-state index contributed by atoms with van der Waals surface area (Å²) in [5.41, 5.74) is 1.47. The van der Waals surface area contributed by atoms with Crippen LogP contribution in [0, 0.1) is 23.7 Å². The molecule has 0 aromatic carbocycles. The fourth-order valence-corrected chi connectivity index (χ4v) is 5.16. The number of hydrogen-bond donors (Lipinski definition) is 0. The zero-order valence-electron chi connectivity index (χ0n) is 16.1. The Labute approximate surface area is 146 Å². The maximum atomic E-state index is 4.18. The first-order valence-corrected chi connectivity index (χ1v) is 10.9. The second-order valence-electron chi connectivity index (χ2n) is 8.70. The van der Waals surface area contributed by atoms with E-state index in [1.807, 2.05) is 0 Å². The molecular formula is C23H42. The van der Waals surface area contributed by atoms with Crippen LogP contribution in [0.5, 0.6) is 0 Å². The predicted molar refractivity (Wildman–Crippen MR) is 104 cm³/mol. The third-order valence-corrected chi connectivity index (χ3v) is 7.07. The Kier molecular flexibility index (Phi) is 8.77. The highest BCUT2D eigenvalue weighted by Gasteiger charge is 2.30. The molecule has 0 saturated heterocycles. The van der Waals surface area contributed by atoms with Crippen LogP contribution in [-0.2, 0) is 0 Å². The molecule has 2 rings (SSSR count). The van der Waals surface area contributed by atoms with E-state index in [0.717, 1.165) is 23.7 Å². The quantitative estimate of drug-likeness (QED) is 0.299. The summed E-state index contributed by atoms with van der Waals surface area (Å²) in [5, 5.41) is 0. The molecule has 0 unspecified atom stereocenters. The number of hydrogen-bond acceptors (Lipinski definition) is 0. The van der Waals surface area contributed by atoms with Crippen LogP contribution in [0.25, 0.3) is 0 Å². The Morgan fingerprint density at radius 3 is 1.74 bits per heavy atom. The summed E-state index contributed by atoms with van der Waals surface area (Å²) in [6, 6.07) is 0. The van der Waals surface area contributed by atoms with Gasteiger partial charge >= 0.3 is 0 Å². The van der Waals surface area contributed by atoms with Gasteiger partial charge < -0.3 is 0 Å². The average molecular weight is 319 g/mol. The van der Waals surface area contributed by atoms with Crippen LogP contribution in [0.1, 0.15) is 110 Å². The molecule has 0 bridgehead atoms.